The highest BCUT2D eigenvalue weighted by Gasteiger charge is 2.21. The molecule has 0 aliphatic carbocycles. The Kier molecular flexibility index (Phi) is 7.32. The van der Waals surface area contributed by atoms with Crippen molar-refractivity contribution in [1.29, 1.82) is 0 Å². The number of pyridine rings is 1. The quantitative estimate of drug-likeness (QED) is 0.575. The Morgan fingerprint density at radius 3 is 2.54 bits per heavy atom. The summed E-state index contributed by atoms with van der Waals surface area (Å²) in [5.74, 6) is -0.0232. The van der Waals surface area contributed by atoms with Gasteiger partial charge in [-0.25, -0.2) is 9.78 Å². The first-order chi connectivity index (χ1) is 13.3. The molecule has 148 valence electrons. The zero-order valence-corrected chi connectivity index (χ0v) is 16.6. The van der Waals surface area contributed by atoms with Crippen molar-refractivity contribution in [2.45, 2.75) is 33.7 Å². The summed E-state index contributed by atoms with van der Waals surface area (Å²) in [5.41, 5.74) is 0.197. The molecule has 1 amide bonds. The number of hydrogen-bond acceptors (Lipinski definition) is 5. The number of rotatable bonds is 7. The summed E-state index contributed by atoms with van der Waals surface area (Å²) in [6, 6.07) is 11.4. The van der Waals surface area contributed by atoms with E-state index in [0.717, 1.165) is 0 Å². The van der Waals surface area contributed by atoms with Crippen LogP contribution in [0.3, 0.4) is 0 Å². The molecule has 1 atom stereocenters. The summed E-state index contributed by atoms with van der Waals surface area (Å²) >= 11 is 0. The van der Waals surface area contributed by atoms with Gasteiger partial charge >= 0.3 is 5.97 Å². The minimum absolute atomic E-state index is 0.136. The molecule has 1 heterocycles. The fourth-order valence-corrected chi connectivity index (χ4v) is 2.24. The molecule has 0 aliphatic rings. The number of amides is 1. The first kappa shape index (κ1) is 21.2. The van der Waals surface area contributed by atoms with Gasteiger partial charge in [-0.2, -0.15) is 0 Å². The van der Waals surface area contributed by atoms with E-state index in [1.807, 2.05) is 45.0 Å². The molecule has 0 radical (unpaired) electrons. The molecule has 2 rings (SSSR count). The van der Waals surface area contributed by atoms with Crippen LogP contribution in [0.5, 0.6) is 11.6 Å². The summed E-state index contributed by atoms with van der Waals surface area (Å²) in [4.78, 5) is 29.0. The number of esters is 1. The molecule has 0 spiro atoms. The average molecular weight is 382 g/mol. The van der Waals surface area contributed by atoms with Crippen LogP contribution in [0.25, 0.3) is 0 Å². The molecule has 0 fully saturated rings. The van der Waals surface area contributed by atoms with Crippen LogP contribution in [0.2, 0.25) is 0 Å². The van der Waals surface area contributed by atoms with E-state index in [0.29, 0.717) is 11.3 Å². The smallest absolute Gasteiger partial charge is 0.332 e. The van der Waals surface area contributed by atoms with E-state index in [4.69, 9.17) is 9.47 Å². The molecule has 1 aromatic heterocycles. The first-order valence-corrected chi connectivity index (χ1v) is 9.14. The fourth-order valence-electron chi connectivity index (χ4n) is 2.24. The SMILES string of the molecule is CCOC(=O)C(/C=C/C(C)(C)C)NC(=O)c1ccnc(Oc2ccccc2)c1. The Morgan fingerprint density at radius 1 is 1.18 bits per heavy atom. The van der Waals surface area contributed by atoms with E-state index in [1.165, 1.54) is 12.3 Å². The standard InChI is InChI=1S/C22H26N2O4/c1-5-27-21(26)18(11-13-22(2,3)4)24-20(25)16-12-14-23-19(15-16)28-17-9-7-6-8-10-17/h6-15,18H,5H2,1-4H3,(H,24,25)/b13-11+. The zero-order valence-electron chi connectivity index (χ0n) is 16.6. The first-order valence-electron chi connectivity index (χ1n) is 9.14. The van der Waals surface area contributed by atoms with Crippen LogP contribution in [0.1, 0.15) is 38.1 Å². The van der Waals surface area contributed by atoms with Crippen molar-refractivity contribution < 1.29 is 19.1 Å². The normalized spacial score (nSPS) is 12.4. The number of aromatic nitrogens is 1. The molecular weight excluding hydrogens is 356 g/mol. The van der Waals surface area contributed by atoms with Crippen LogP contribution < -0.4 is 10.1 Å². The highest BCUT2D eigenvalue weighted by molar-refractivity contribution is 5.97. The number of allylic oxidation sites excluding steroid dienone is 1. The van der Waals surface area contributed by atoms with Gasteiger partial charge in [0, 0.05) is 17.8 Å². The van der Waals surface area contributed by atoms with Crippen LogP contribution in [-0.2, 0) is 9.53 Å². The van der Waals surface area contributed by atoms with E-state index in [-0.39, 0.29) is 17.9 Å². The number of ether oxygens (including phenoxy) is 2. The van der Waals surface area contributed by atoms with E-state index >= 15 is 0 Å². The fraction of sp³-hybridized carbons (Fsp3) is 0.318. The second-order valence-electron chi connectivity index (χ2n) is 7.23. The van der Waals surface area contributed by atoms with Gasteiger partial charge in [-0.05, 0) is 30.5 Å². The van der Waals surface area contributed by atoms with Crippen LogP contribution in [0.15, 0.2) is 60.8 Å². The molecule has 1 N–H and O–H groups in total. The number of carbonyl (C=O) groups is 2. The lowest BCUT2D eigenvalue weighted by atomic mass is 9.95. The molecule has 28 heavy (non-hydrogen) atoms. The van der Waals surface area contributed by atoms with Crippen molar-refractivity contribution in [3.05, 3.63) is 66.4 Å². The van der Waals surface area contributed by atoms with Gasteiger partial charge in [0.25, 0.3) is 5.91 Å². The number of para-hydroxylation sites is 1. The molecule has 0 saturated carbocycles. The van der Waals surface area contributed by atoms with Gasteiger partial charge in [-0.3, -0.25) is 4.79 Å². The van der Waals surface area contributed by atoms with Crippen molar-refractivity contribution in [3.8, 4) is 11.6 Å². The minimum Gasteiger partial charge on any atom is -0.464 e. The summed E-state index contributed by atoms with van der Waals surface area (Å²) in [6.07, 6.45) is 5.00. The molecule has 0 bridgehead atoms. The van der Waals surface area contributed by atoms with E-state index in [9.17, 15) is 9.59 Å². The third kappa shape index (κ3) is 6.87. The third-order valence-corrected chi connectivity index (χ3v) is 3.58. The molecule has 2 aromatic rings. The minimum atomic E-state index is -0.877. The molecular formula is C22H26N2O4. The van der Waals surface area contributed by atoms with Crippen LogP contribution in [0, 0.1) is 5.41 Å². The lowest BCUT2D eigenvalue weighted by molar-refractivity contribution is -0.144. The molecule has 6 heteroatoms. The lowest BCUT2D eigenvalue weighted by Gasteiger charge is -2.17. The monoisotopic (exact) mass is 382 g/mol. The van der Waals surface area contributed by atoms with Crippen molar-refractivity contribution in [1.82, 2.24) is 10.3 Å². The summed E-state index contributed by atoms with van der Waals surface area (Å²) in [7, 11) is 0. The maximum atomic E-state index is 12.7. The lowest BCUT2D eigenvalue weighted by Crippen LogP contribution is -2.40. The number of nitrogens with zero attached hydrogens (tertiary/aromatic N) is 1. The Bertz CT molecular complexity index is 826. The summed E-state index contributed by atoms with van der Waals surface area (Å²) in [5, 5.41) is 2.70. The molecule has 0 aliphatic heterocycles. The average Bonchev–Trinajstić information content (AvgIpc) is 2.65. The van der Waals surface area contributed by atoms with Crippen molar-refractivity contribution >= 4 is 11.9 Å². The second-order valence-corrected chi connectivity index (χ2v) is 7.23. The van der Waals surface area contributed by atoms with Crippen LogP contribution >= 0.6 is 0 Å². The number of nitrogens with one attached hydrogen (secondary N) is 1. The maximum Gasteiger partial charge on any atom is 0.332 e. The van der Waals surface area contributed by atoms with Crippen LogP contribution in [-0.4, -0.2) is 29.5 Å². The number of hydrogen-bond donors (Lipinski definition) is 1. The Labute approximate surface area is 165 Å². The molecule has 0 saturated heterocycles. The van der Waals surface area contributed by atoms with Crippen molar-refractivity contribution in [2.75, 3.05) is 6.61 Å². The summed E-state index contributed by atoms with van der Waals surface area (Å²) < 4.78 is 10.7. The topological polar surface area (TPSA) is 77.5 Å². The van der Waals surface area contributed by atoms with Crippen LogP contribution in [0.4, 0.5) is 0 Å². The van der Waals surface area contributed by atoms with Gasteiger partial charge in [-0.1, -0.05) is 51.1 Å². The van der Waals surface area contributed by atoms with E-state index in [2.05, 4.69) is 10.3 Å². The van der Waals surface area contributed by atoms with Gasteiger partial charge in [0.15, 0.2) is 0 Å². The predicted octanol–water partition coefficient (Wildman–Crippen LogP) is 4.14. The molecule has 6 nitrogen and oxygen atoms in total. The zero-order chi connectivity index (χ0) is 20.6. The highest BCUT2D eigenvalue weighted by Crippen LogP contribution is 2.19. The second kappa shape index (κ2) is 9.69. The van der Waals surface area contributed by atoms with Crippen molar-refractivity contribution in [2.24, 2.45) is 5.41 Å². The van der Waals surface area contributed by atoms with Gasteiger partial charge in [0.2, 0.25) is 5.88 Å². The van der Waals surface area contributed by atoms with E-state index in [1.54, 1.807) is 31.2 Å². The highest BCUT2D eigenvalue weighted by atomic mass is 16.5. The Hall–Kier alpha value is -3.15. The van der Waals surface area contributed by atoms with Gasteiger partial charge in [0.05, 0.1) is 6.61 Å². The van der Waals surface area contributed by atoms with Gasteiger partial charge in [0.1, 0.15) is 11.8 Å². The predicted molar refractivity (Wildman–Crippen MR) is 107 cm³/mol. The Balaban J connectivity index is 2.15. The third-order valence-electron chi connectivity index (χ3n) is 3.58. The van der Waals surface area contributed by atoms with Crippen molar-refractivity contribution in [3.63, 3.8) is 0 Å². The number of carbonyl (C=O) groups excluding carboxylic acids is 2. The molecule has 1 unspecified atom stereocenters. The maximum absolute atomic E-state index is 12.7. The summed E-state index contributed by atoms with van der Waals surface area (Å²) in [6.45, 7) is 7.97. The number of benzene rings is 1. The van der Waals surface area contributed by atoms with Gasteiger partial charge in [-0.15, -0.1) is 0 Å². The largest absolute Gasteiger partial charge is 0.464 e. The van der Waals surface area contributed by atoms with E-state index < -0.39 is 17.9 Å². The Morgan fingerprint density at radius 2 is 1.89 bits per heavy atom. The van der Waals surface area contributed by atoms with Gasteiger partial charge < -0.3 is 14.8 Å². The molecule has 1 aromatic carbocycles.